The number of nitrogens with zero attached hydrogens (tertiary/aromatic N) is 3. The first-order valence-corrected chi connectivity index (χ1v) is 9.30. The molecule has 7 nitrogen and oxygen atoms in total. The minimum Gasteiger partial charge on any atom is -0.477 e. The summed E-state index contributed by atoms with van der Waals surface area (Å²) in [5.74, 6) is 0.680. The van der Waals surface area contributed by atoms with E-state index in [-0.39, 0.29) is 12.1 Å². The Bertz CT molecular complexity index is 803. The van der Waals surface area contributed by atoms with E-state index >= 15 is 0 Å². The second-order valence-corrected chi connectivity index (χ2v) is 7.66. The number of hydrogen-bond acceptors (Lipinski definition) is 6. The zero-order valence-corrected chi connectivity index (χ0v) is 16.4. The molecule has 0 unspecified atom stereocenters. The summed E-state index contributed by atoms with van der Waals surface area (Å²) in [6.45, 7) is 6.60. The number of methoxy groups -OCH3 is 1. The van der Waals surface area contributed by atoms with Crippen molar-refractivity contribution >= 4 is 17.1 Å². The highest BCUT2D eigenvalue weighted by Crippen LogP contribution is 2.27. The van der Waals surface area contributed by atoms with Gasteiger partial charge in [-0.1, -0.05) is 12.1 Å². The van der Waals surface area contributed by atoms with E-state index in [2.05, 4.69) is 9.97 Å². The summed E-state index contributed by atoms with van der Waals surface area (Å²) in [4.78, 5) is 23.2. The molecule has 3 rings (SSSR count). The van der Waals surface area contributed by atoms with Crippen LogP contribution in [-0.2, 0) is 4.74 Å². The Kier molecular flexibility index (Phi) is 5.68. The van der Waals surface area contributed by atoms with Gasteiger partial charge in [0.1, 0.15) is 12.2 Å². The molecule has 1 aromatic carbocycles. The van der Waals surface area contributed by atoms with E-state index in [4.69, 9.17) is 14.2 Å². The van der Waals surface area contributed by atoms with Gasteiger partial charge in [-0.25, -0.2) is 14.8 Å². The number of carbonyl (C=O) groups is 1. The van der Waals surface area contributed by atoms with Crippen molar-refractivity contribution in [3.8, 4) is 11.8 Å². The van der Waals surface area contributed by atoms with Crippen LogP contribution in [0.3, 0.4) is 0 Å². The third-order valence-corrected chi connectivity index (χ3v) is 4.37. The van der Waals surface area contributed by atoms with E-state index in [1.165, 1.54) is 0 Å². The van der Waals surface area contributed by atoms with Crippen LogP contribution in [0.15, 0.2) is 24.3 Å². The number of likely N-dealkylation sites (tertiary alicyclic amines) is 1. The van der Waals surface area contributed by atoms with Crippen molar-refractivity contribution in [3.05, 3.63) is 24.3 Å². The highest BCUT2D eigenvalue weighted by atomic mass is 16.6. The van der Waals surface area contributed by atoms with Crippen LogP contribution in [0.5, 0.6) is 11.8 Å². The van der Waals surface area contributed by atoms with Gasteiger partial charge in [-0.3, -0.25) is 0 Å². The van der Waals surface area contributed by atoms with Crippen LogP contribution in [-0.4, -0.2) is 52.9 Å². The van der Waals surface area contributed by atoms with E-state index in [1.807, 2.05) is 45.0 Å². The van der Waals surface area contributed by atoms with Gasteiger partial charge in [-0.2, -0.15) is 0 Å². The number of ether oxygens (including phenoxy) is 3. The summed E-state index contributed by atoms with van der Waals surface area (Å²) in [5, 5.41) is 0. The lowest BCUT2D eigenvalue weighted by molar-refractivity contribution is 0.00321. The Labute approximate surface area is 159 Å². The van der Waals surface area contributed by atoms with Gasteiger partial charge in [0, 0.05) is 6.54 Å². The van der Waals surface area contributed by atoms with E-state index in [0.29, 0.717) is 24.9 Å². The Hall–Kier alpha value is -2.57. The van der Waals surface area contributed by atoms with E-state index in [9.17, 15) is 4.79 Å². The maximum absolute atomic E-state index is 12.5. The van der Waals surface area contributed by atoms with Crippen LogP contribution >= 0.6 is 0 Å². The lowest BCUT2D eigenvalue weighted by Crippen LogP contribution is -2.48. The summed E-state index contributed by atoms with van der Waals surface area (Å²) < 4.78 is 16.8. The minimum atomic E-state index is -0.521. The Morgan fingerprint density at radius 1 is 1.15 bits per heavy atom. The van der Waals surface area contributed by atoms with Gasteiger partial charge in [0.05, 0.1) is 24.2 Å². The molecule has 146 valence electrons. The molecule has 1 amide bonds. The summed E-state index contributed by atoms with van der Waals surface area (Å²) in [7, 11) is 1.54. The molecule has 1 aliphatic rings. The average Bonchev–Trinajstić information content (AvgIpc) is 2.64. The Morgan fingerprint density at radius 3 is 2.44 bits per heavy atom. The number of piperidine rings is 1. The molecule has 0 radical (unpaired) electrons. The van der Waals surface area contributed by atoms with Crippen molar-refractivity contribution in [2.45, 2.75) is 51.7 Å². The molecule has 1 aromatic heterocycles. The van der Waals surface area contributed by atoms with Gasteiger partial charge >= 0.3 is 6.09 Å². The molecular formula is C20H27N3O4. The lowest BCUT2D eigenvalue weighted by Gasteiger charge is -2.36. The van der Waals surface area contributed by atoms with Crippen LogP contribution in [0.1, 0.15) is 40.0 Å². The Morgan fingerprint density at radius 2 is 1.81 bits per heavy atom. The molecule has 7 heteroatoms. The van der Waals surface area contributed by atoms with Crippen LogP contribution in [0.2, 0.25) is 0 Å². The molecule has 1 fully saturated rings. The molecule has 2 heterocycles. The number of amides is 1. The average molecular weight is 373 g/mol. The van der Waals surface area contributed by atoms with Gasteiger partial charge in [0.2, 0.25) is 0 Å². The molecular weight excluding hydrogens is 346 g/mol. The summed E-state index contributed by atoms with van der Waals surface area (Å²) in [6, 6.07) is 7.49. The van der Waals surface area contributed by atoms with Crippen molar-refractivity contribution < 1.29 is 19.0 Å². The molecule has 0 N–H and O–H groups in total. The molecule has 0 bridgehead atoms. The van der Waals surface area contributed by atoms with Crippen molar-refractivity contribution in [2.75, 3.05) is 20.3 Å². The maximum atomic E-state index is 12.5. The number of para-hydroxylation sites is 2. The maximum Gasteiger partial charge on any atom is 0.410 e. The fraction of sp³-hybridized carbons (Fsp3) is 0.550. The predicted molar refractivity (Wildman–Crippen MR) is 102 cm³/mol. The molecule has 27 heavy (non-hydrogen) atoms. The largest absolute Gasteiger partial charge is 0.477 e. The van der Waals surface area contributed by atoms with Gasteiger partial charge in [-0.05, 0) is 52.2 Å². The SMILES string of the molecule is COc1nc2ccccc2nc1OC[C@@H]1CCCCN1C(=O)OC(C)(C)C. The molecule has 1 aliphatic heterocycles. The zero-order chi connectivity index (χ0) is 19.4. The third-order valence-electron chi connectivity index (χ3n) is 4.37. The van der Waals surface area contributed by atoms with Crippen molar-refractivity contribution in [2.24, 2.45) is 0 Å². The number of carbonyl (C=O) groups excluding carboxylic acids is 1. The molecule has 0 spiro atoms. The zero-order valence-electron chi connectivity index (χ0n) is 16.4. The minimum absolute atomic E-state index is 0.0634. The van der Waals surface area contributed by atoms with Crippen molar-refractivity contribution in [3.63, 3.8) is 0 Å². The highest BCUT2D eigenvalue weighted by Gasteiger charge is 2.31. The second kappa shape index (κ2) is 7.98. The molecule has 1 atom stereocenters. The fourth-order valence-corrected chi connectivity index (χ4v) is 3.10. The van der Waals surface area contributed by atoms with E-state index in [1.54, 1.807) is 12.0 Å². The third kappa shape index (κ3) is 4.78. The first-order valence-electron chi connectivity index (χ1n) is 9.30. The monoisotopic (exact) mass is 373 g/mol. The van der Waals surface area contributed by atoms with Crippen LogP contribution in [0.25, 0.3) is 11.0 Å². The Balaban J connectivity index is 1.74. The number of hydrogen-bond donors (Lipinski definition) is 0. The fourth-order valence-electron chi connectivity index (χ4n) is 3.10. The summed E-state index contributed by atoms with van der Waals surface area (Å²) in [5.41, 5.74) is 0.961. The highest BCUT2D eigenvalue weighted by molar-refractivity contribution is 5.75. The van der Waals surface area contributed by atoms with Gasteiger partial charge in [0.25, 0.3) is 11.8 Å². The molecule has 0 saturated carbocycles. The second-order valence-electron chi connectivity index (χ2n) is 7.66. The lowest BCUT2D eigenvalue weighted by atomic mass is 10.0. The predicted octanol–water partition coefficient (Wildman–Crippen LogP) is 3.81. The van der Waals surface area contributed by atoms with E-state index in [0.717, 1.165) is 30.3 Å². The molecule has 0 aliphatic carbocycles. The summed E-state index contributed by atoms with van der Waals surface area (Å²) in [6.07, 6.45) is 2.58. The van der Waals surface area contributed by atoms with Gasteiger partial charge in [0.15, 0.2) is 0 Å². The van der Waals surface area contributed by atoms with Crippen LogP contribution in [0, 0.1) is 0 Å². The van der Waals surface area contributed by atoms with Crippen LogP contribution < -0.4 is 9.47 Å². The number of benzene rings is 1. The van der Waals surface area contributed by atoms with E-state index < -0.39 is 5.60 Å². The van der Waals surface area contributed by atoms with Crippen molar-refractivity contribution in [1.29, 1.82) is 0 Å². The number of aromatic nitrogens is 2. The normalized spacial score (nSPS) is 17.6. The quantitative estimate of drug-likeness (QED) is 0.811. The number of rotatable bonds is 4. The standard InChI is InChI=1S/C20H27N3O4/c1-20(2,3)27-19(24)23-12-8-7-9-14(23)13-26-18-17(25-4)21-15-10-5-6-11-16(15)22-18/h5-6,10-11,14H,7-9,12-13H2,1-4H3/t14-/m0/s1. The smallest absolute Gasteiger partial charge is 0.410 e. The topological polar surface area (TPSA) is 73.8 Å². The van der Waals surface area contributed by atoms with Crippen LogP contribution in [0.4, 0.5) is 4.79 Å². The molecule has 1 saturated heterocycles. The first-order chi connectivity index (χ1) is 12.9. The summed E-state index contributed by atoms with van der Waals surface area (Å²) >= 11 is 0. The van der Waals surface area contributed by atoms with Gasteiger partial charge < -0.3 is 19.1 Å². The van der Waals surface area contributed by atoms with Crippen molar-refractivity contribution in [1.82, 2.24) is 14.9 Å². The molecule has 2 aromatic rings. The van der Waals surface area contributed by atoms with Gasteiger partial charge in [-0.15, -0.1) is 0 Å². The number of fused-ring (bicyclic) bond motifs is 1. The first kappa shape index (κ1) is 19.2.